The molecule has 82 valence electrons. The number of esters is 1. The fourth-order valence-corrected chi connectivity index (χ4v) is 1.28. The van der Waals surface area contributed by atoms with Crippen molar-refractivity contribution in [3.63, 3.8) is 0 Å². The van der Waals surface area contributed by atoms with E-state index < -0.39 is 0 Å². The van der Waals surface area contributed by atoms with Crippen molar-refractivity contribution in [1.82, 2.24) is 5.16 Å². The van der Waals surface area contributed by atoms with Crippen molar-refractivity contribution < 1.29 is 14.1 Å². The van der Waals surface area contributed by atoms with Crippen LogP contribution in [-0.2, 0) is 11.3 Å². The molecule has 1 heterocycles. The van der Waals surface area contributed by atoms with Gasteiger partial charge in [-0.2, -0.15) is 0 Å². The van der Waals surface area contributed by atoms with Crippen molar-refractivity contribution >= 4 is 5.97 Å². The molecule has 2 rings (SSSR count). The third kappa shape index (κ3) is 2.48. The summed E-state index contributed by atoms with van der Waals surface area (Å²) in [7, 11) is 0. The van der Waals surface area contributed by atoms with Gasteiger partial charge in [-0.25, -0.2) is 4.79 Å². The highest BCUT2D eigenvalue weighted by molar-refractivity contribution is 5.89. The maximum atomic E-state index is 11.5. The molecular formula is C12H11NO3. The van der Waals surface area contributed by atoms with E-state index in [4.69, 9.17) is 9.26 Å². The van der Waals surface area contributed by atoms with Gasteiger partial charge in [0.2, 0.25) is 0 Å². The number of nitrogens with zero attached hydrogens (tertiary/aromatic N) is 1. The van der Waals surface area contributed by atoms with Crippen LogP contribution in [0.15, 0.2) is 40.9 Å². The first kappa shape index (κ1) is 10.4. The molecule has 2 aromatic rings. The molecule has 0 N–H and O–H groups in total. The molecule has 0 spiro atoms. The van der Waals surface area contributed by atoms with Crippen LogP contribution in [0.2, 0.25) is 0 Å². The average Bonchev–Trinajstić information content (AvgIpc) is 2.73. The predicted molar refractivity (Wildman–Crippen MR) is 56.8 cm³/mol. The van der Waals surface area contributed by atoms with Crippen LogP contribution in [0, 0.1) is 6.92 Å². The highest BCUT2D eigenvalue weighted by Gasteiger charge is 2.07. The first-order chi connectivity index (χ1) is 7.75. The molecule has 0 aliphatic heterocycles. The number of carbonyl (C=O) groups is 1. The van der Waals surface area contributed by atoms with Gasteiger partial charge in [0.05, 0.1) is 5.56 Å². The SMILES string of the molecule is Cc1cc(COC(=O)c2ccccc2)no1. The van der Waals surface area contributed by atoms with Gasteiger partial charge >= 0.3 is 5.97 Å². The Morgan fingerprint density at radius 3 is 2.75 bits per heavy atom. The molecule has 0 saturated heterocycles. The summed E-state index contributed by atoms with van der Waals surface area (Å²) in [5.41, 5.74) is 1.14. The van der Waals surface area contributed by atoms with Gasteiger partial charge < -0.3 is 9.26 Å². The Hall–Kier alpha value is -2.10. The van der Waals surface area contributed by atoms with Gasteiger partial charge in [-0.15, -0.1) is 0 Å². The Morgan fingerprint density at radius 2 is 2.12 bits per heavy atom. The first-order valence-corrected chi connectivity index (χ1v) is 4.90. The predicted octanol–water partition coefficient (Wildman–Crippen LogP) is 2.34. The molecule has 1 aromatic heterocycles. The topological polar surface area (TPSA) is 52.3 Å². The number of hydrogen-bond acceptors (Lipinski definition) is 4. The number of aryl methyl sites for hydroxylation is 1. The molecule has 0 unspecified atom stereocenters. The van der Waals surface area contributed by atoms with Crippen LogP contribution in [0.4, 0.5) is 0 Å². The highest BCUT2D eigenvalue weighted by Crippen LogP contribution is 2.06. The summed E-state index contributed by atoms with van der Waals surface area (Å²) in [6.45, 7) is 1.92. The summed E-state index contributed by atoms with van der Waals surface area (Å²) in [6.07, 6.45) is 0. The largest absolute Gasteiger partial charge is 0.455 e. The van der Waals surface area contributed by atoms with E-state index in [2.05, 4.69) is 5.16 Å². The van der Waals surface area contributed by atoms with Gasteiger partial charge in [-0.3, -0.25) is 0 Å². The van der Waals surface area contributed by atoms with E-state index in [1.807, 2.05) is 6.07 Å². The second kappa shape index (κ2) is 4.61. The van der Waals surface area contributed by atoms with E-state index in [-0.39, 0.29) is 12.6 Å². The summed E-state index contributed by atoms with van der Waals surface area (Å²) in [4.78, 5) is 11.5. The van der Waals surface area contributed by atoms with Crippen molar-refractivity contribution in [2.24, 2.45) is 0 Å². The zero-order valence-corrected chi connectivity index (χ0v) is 8.84. The number of hydrogen-bond donors (Lipinski definition) is 0. The molecule has 4 nitrogen and oxygen atoms in total. The molecule has 0 bridgehead atoms. The van der Waals surface area contributed by atoms with Crippen LogP contribution in [0.1, 0.15) is 21.8 Å². The van der Waals surface area contributed by atoms with E-state index >= 15 is 0 Å². The molecule has 0 aliphatic rings. The standard InChI is InChI=1S/C12H11NO3/c1-9-7-11(13-16-9)8-15-12(14)10-5-3-2-4-6-10/h2-7H,8H2,1H3. The van der Waals surface area contributed by atoms with Crippen LogP contribution >= 0.6 is 0 Å². The van der Waals surface area contributed by atoms with Gasteiger partial charge in [0.1, 0.15) is 18.1 Å². The van der Waals surface area contributed by atoms with E-state index in [0.29, 0.717) is 17.0 Å². The second-order valence-electron chi connectivity index (χ2n) is 3.37. The number of rotatable bonds is 3. The van der Waals surface area contributed by atoms with Crippen LogP contribution in [0.3, 0.4) is 0 Å². The Morgan fingerprint density at radius 1 is 1.38 bits per heavy atom. The Kier molecular flexibility index (Phi) is 3.00. The lowest BCUT2D eigenvalue weighted by Crippen LogP contribution is -2.04. The van der Waals surface area contributed by atoms with Gasteiger partial charge in [-0.05, 0) is 19.1 Å². The van der Waals surface area contributed by atoms with Crippen LogP contribution in [-0.4, -0.2) is 11.1 Å². The number of aromatic nitrogens is 1. The third-order valence-electron chi connectivity index (χ3n) is 2.04. The fraction of sp³-hybridized carbons (Fsp3) is 0.167. The molecule has 0 fully saturated rings. The zero-order valence-electron chi connectivity index (χ0n) is 8.84. The van der Waals surface area contributed by atoms with Crippen molar-refractivity contribution in [2.75, 3.05) is 0 Å². The normalized spacial score (nSPS) is 10.1. The molecular weight excluding hydrogens is 206 g/mol. The van der Waals surface area contributed by atoms with Crippen molar-refractivity contribution in [2.45, 2.75) is 13.5 Å². The molecule has 4 heteroatoms. The lowest BCUT2D eigenvalue weighted by atomic mass is 10.2. The smallest absolute Gasteiger partial charge is 0.338 e. The maximum absolute atomic E-state index is 11.5. The molecule has 0 atom stereocenters. The van der Waals surface area contributed by atoms with Crippen molar-refractivity contribution in [3.05, 3.63) is 53.4 Å². The molecule has 0 saturated carbocycles. The van der Waals surface area contributed by atoms with Crippen molar-refractivity contribution in [3.8, 4) is 0 Å². The third-order valence-corrected chi connectivity index (χ3v) is 2.04. The quantitative estimate of drug-likeness (QED) is 0.740. The number of benzene rings is 1. The monoisotopic (exact) mass is 217 g/mol. The fourth-order valence-electron chi connectivity index (χ4n) is 1.28. The molecule has 0 radical (unpaired) electrons. The minimum Gasteiger partial charge on any atom is -0.455 e. The van der Waals surface area contributed by atoms with Crippen molar-refractivity contribution in [1.29, 1.82) is 0 Å². The minimum absolute atomic E-state index is 0.130. The van der Waals surface area contributed by atoms with Gasteiger partial charge in [0.25, 0.3) is 0 Å². The van der Waals surface area contributed by atoms with Gasteiger partial charge in [0.15, 0.2) is 0 Å². The van der Waals surface area contributed by atoms with E-state index in [0.717, 1.165) is 0 Å². The first-order valence-electron chi connectivity index (χ1n) is 4.90. The maximum Gasteiger partial charge on any atom is 0.338 e. The van der Waals surface area contributed by atoms with Crippen LogP contribution in [0.5, 0.6) is 0 Å². The second-order valence-corrected chi connectivity index (χ2v) is 3.37. The number of ether oxygens (including phenoxy) is 1. The van der Waals surface area contributed by atoms with E-state index in [1.54, 1.807) is 37.3 Å². The molecule has 16 heavy (non-hydrogen) atoms. The Bertz CT molecular complexity index is 476. The van der Waals surface area contributed by atoms with Gasteiger partial charge in [0, 0.05) is 6.07 Å². The molecule has 1 aromatic carbocycles. The summed E-state index contributed by atoms with van der Waals surface area (Å²) in [5, 5.41) is 3.73. The highest BCUT2D eigenvalue weighted by atomic mass is 16.5. The van der Waals surface area contributed by atoms with Crippen LogP contribution < -0.4 is 0 Å². The van der Waals surface area contributed by atoms with E-state index in [1.165, 1.54) is 0 Å². The summed E-state index contributed by atoms with van der Waals surface area (Å²) in [5.74, 6) is 0.340. The Labute approximate surface area is 92.8 Å². The summed E-state index contributed by atoms with van der Waals surface area (Å²) < 4.78 is 9.93. The lowest BCUT2D eigenvalue weighted by Gasteiger charge is -2.01. The molecule has 0 amide bonds. The summed E-state index contributed by atoms with van der Waals surface area (Å²) >= 11 is 0. The summed E-state index contributed by atoms with van der Waals surface area (Å²) in [6, 6.07) is 10.6. The average molecular weight is 217 g/mol. The lowest BCUT2D eigenvalue weighted by molar-refractivity contribution is 0.0464. The molecule has 0 aliphatic carbocycles. The zero-order chi connectivity index (χ0) is 11.4. The minimum atomic E-state index is -0.360. The van der Waals surface area contributed by atoms with E-state index in [9.17, 15) is 4.79 Å². The Balaban J connectivity index is 1.94. The van der Waals surface area contributed by atoms with Crippen LogP contribution in [0.25, 0.3) is 0 Å². The van der Waals surface area contributed by atoms with Gasteiger partial charge in [-0.1, -0.05) is 23.4 Å². The number of carbonyl (C=O) groups excluding carboxylic acids is 1.